The summed E-state index contributed by atoms with van der Waals surface area (Å²) in [6.45, 7) is 0. The molecular weight excluding hydrogens is 280 g/mol. The molecule has 1 N–H and O–H groups in total. The molecule has 2 aromatic carbocycles. The minimum absolute atomic E-state index is 0.128. The zero-order chi connectivity index (χ0) is 14.9. The normalized spacial score (nSPS) is 16.1. The van der Waals surface area contributed by atoms with Crippen molar-refractivity contribution < 1.29 is 4.79 Å². The van der Waals surface area contributed by atoms with Gasteiger partial charge in [-0.1, -0.05) is 41.5 Å². The number of nitrogens with one attached hydrogen (secondary N) is 1. The lowest BCUT2D eigenvalue weighted by Gasteiger charge is -2.04. The number of H-pyrrole nitrogens is 1. The van der Waals surface area contributed by atoms with Gasteiger partial charge in [0.2, 0.25) is 0 Å². The van der Waals surface area contributed by atoms with E-state index in [-0.39, 0.29) is 11.9 Å². The molecule has 0 atom stereocenters. The van der Waals surface area contributed by atoms with Gasteiger partial charge in [0.25, 0.3) is 11.9 Å². The van der Waals surface area contributed by atoms with Gasteiger partial charge in [-0.15, -0.1) is 5.10 Å². The maximum atomic E-state index is 12.3. The maximum absolute atomic E-state index is 12.3. The van der Waals surface area contributed by atoms with Crippen LogP contribution in [0.5, 0.6) is 0 Å². The van der Waals surface area contributed by atoms with Crippen LogP contribution in [-0.2, 0) is 4.79 Å². The molecule has 0 saturated carbocycles. The first-order chi connectivity index (χ1) is 10.8. The first-order valence-corrected chi connectivity index (χ1v) is 6.64. The van der Waals surface area contributed by atoms with E-state index in [0.717, 1.165) is 21.3 Å². The lowest BCUT2D eigenvalue weighted by atomic mass is 10.1. The van der Waals surface area contributed by atoms with Crippen molar-refractivity contribution in [3.8, 4) is 0 Å². The summed E-state index contributed by atoms with van der Waals surface area (Å²) in [6.07, 6.45) is 3.28. The number of anilines is 1. The zero-order valence-electron chi connectivity index (χ0n) is 11.3. The summed E-state index contributed by atoms with van der Waals surface area (Å²) >= 11 is 0. The van der Waals surface area contributed by atoms with Crippen LogP contribution in [0, 0.1) is 0 Å². The summed E-state index contributed by atoms with van der Waals surface area (Å²) < 4.78 is 0. The van der Waals surface area contributed by atoms with Crippen molar-refractivity contribution >= 4 is 34.9 Å². The molecule has 3 aromatic rings. The smallest absolute Gasteiger partial charge is 0.267 e. The van der Waals surface area contributed by atoms with Crippen LogP contribution in [0.3, 0.4) is 0 Å². The Labute approximate surface area is 124 Å². The van der Waals surface area contributed by atoms with Crippen LogP contribution in [0.4, 0.5) is 5.95 Å². The fourth-order valence-electron chi connectivity index (χ4n) is 2.31. The zero-order valence-corrected chi connectivity index (χ0v) is 11.3. The van der Waals surface area contributed by atoms with Crippen molar-refractivity contribution in [3.05, 3.63) is 53.6 Å². The molecule has 4 rings (SSSR count). The summed E-state index contributed by atoms with van der Waals surface area (Å²) in [5, 5.41) is 20.6. The van der Waals surface area contributed by atoms with Gasteiger partial charge in [-0.25, -0.2) is 0 Å². The van der Waals surface area contributed by atoms with Crippen molar-refractivity contribution in [2.75, 3.05) is 5.01 Å². The Kier molecular flexibility index (Phi) is 2.75. The van der Waals surface area contributed by atoms with Gasteiger partial charge in [0, 0.05) is 0 Å². The Morgan fingerprint density at radius 3 is 2.77 bits per heavy atom. The van der Waals surface area contributed by atoms with E-state index in [1.54, 1.807) is 6.08 Å². The highest BCUT2D eigenvalue weighted by Crippen LogP contribution is 2.20. The van der Waals surface area contributed by atoms with Gasteiger partial charge >= 0.3 is 0 Å². The Morgan fingerprint density at radius 2 is 1.95 bits per heavy atom. The Bertz CT molecular complexity index is 913. The first-order valence-electron chi connectivity index (χ1n) is 6.64. The molecule has 0 saturated heterocycles. The van der Waals surface area contributed by atoms with Crippen LogP contribution < -0.4 is 5.01 Å². The number of amides is 1. The number of carbonyl (C=O) groups excluding carboxylic acids is 1. The number of hydrogen-bond donors (Lipinski definition) is 1. The first kappa shape index (κ1) is 12.4. The van der Waals surface area contributed by atoms with Crippen LogP contribution in [0.1, 0.15) is 5.56 Å². The molecule has 1 aliphatic heterocycles. The molecule has 106 valence electrons. The Balaban J connectivity index is 1.68. The Hall–Kier alpha value is -3.35. The Morgan fingerprint density at radius 1 is 1.09 bits per heavy atom. The molecule has 7 nitrogen and oxygen atoms in total. The van der Waals surface area contributed by atoms with Gasteiger partial charge in [0.1, 0.15) is 0 Å². The summed E-state index contributed by atoms with van der Waals surface area (Å²) in [4.78, 5) is 12.3. The molecule has 0 fully saturated rings. The van der Waals surface area contributed by atoms with E-state index < -0.39 is 0 Å². The van der Waals surface area contributed by atoms with E-state index in [9.17, 15) is 4.79 Å². The predicted octanol–water partition coefficient (Wildman–Crippen LogP) is 1.77. The molecule has 0 aliphatic carbocycles. The second kappa shape index (κ2) is 4.88. The number of aromatic amines is 1. The number of hydrogen-bond acceptors (Lipinski definition) is 5. The van der Waals surface area contributed by atoms with Crippen molar-refractivity contribution in [3.63, 3.8) is 0 Å². The molecule has 2 heterocycles. The topological polar surface area (TPSA) is 87.1 Å². The molecule has 1 aromatic heterocycles. The molecule has 1 aliphatic rings. The monoisotopic (exact) mass is 290 g/mol. The average molecular weight is 290 g/mol. The summed E-state index contributed by atoms with van der Waals surface area (Å²) in [5.41, 5.74) is 1.41. The lowest BCUT2D eigenvalue weighted by molar-refractivity contribution is -0.114. The van der Waals surface area contributed by atoms with Gasteiger partial charge in [-0.2, -0.15) is 15.3 Å². The summed E-state index contributed by atoms with van der Waals surface area (Å²) in [5.74, 6) is -0.155. The van der Waals surface area contributed by atoms with Gasteiger partial charge in [0.05, 0.1) is 11.8 Å². The van der Waals surface area contributed by atoms with E-state index in [0.29, 0.717) is 5.57 Å². The van der Waals surface area contributed by atoms with Crippen LogP contribution >= 0.6 is 0 Å². The van der Waals surface area contributed by atoms with Gasteiger partial charge in [-0.05, 0) is 33.7 Å². The minimum Gasteiger partial charge on any atom is -0.267 e. The number of rotatable bonds is 2. The number of hydrazone groups is 1. The van der Waals surface area contributed by atoms with E-state index in [4.69, 9.17) is 0 Å². The van der Waals surface area contributed by atoms with Crippen molar-refractivity contribution in [1.29, 1.82) is 0 Å². The second-order valence-corrected chi connectivity index (χ2v) is 4.78. The number of fused-ring (bicyclic) bond motifs is 1. The highest BCUT2D eigenvalue weighted by molar-refractivity contribution is 6.25. The van der Waals surface area contributed by atoms with E-state index in [2.05, 4.69) is 25.7 Å². The van der Waals surface area contributed by atoms with Gasteiger partial charge in [0.15, 0.2) is 0 Å². The molecule has 0 spiro atoms. The third kappa shape index (κ3) is 2.05. The molecule has 0 unspecified atom stereocenters. The fourth-order valence-corrected chi connectivity index (χ4v) is 2.31. The molecule has 7 heteroatoms. The van der Waals surface area contributed by atoms with E-state index in [1.807, 2.05) is 42.5 Å². The number of aromatic nitrogens is 4. The largest absolute Gasteiger partial charge is 0.293 e. The van der Waals surface area contributed by atoms with E-state index in [1.165, 1.54) is 6.21 Å². The number of nitrogens with zero attached hydrogens (tertiary/aromatic N) is 5. The number of carbonyl (C=O) groups is 1. The van der Waals surface area contributed by atoms with Crippen LogP contribution in [-0.4, -0.2) is 32.7 Å². The van der Waals surface area contributed by atoms with Crippen molar-refractivity contribution in [1.82, 2.24) is 20.6 Å². The number of benzene rings is 2. The third-order valence-electron chi connectivity index (χ3n) is 3.37. The van der Waals surface area contributed by atoms with Crippen molar-refractivity contribution in [2.45, 2.75) is 0 Å². The van der Waals surface area contributed by atoms with Crippen LogP contribution in [0.15, 0.2) is 53.1 Å². The fraction of sp³-hybridized carbons (Fsp3) is 0. The predicted molar refractivity (Wildman–Crippen MR) is 82.1 cm³/mol. The standard InChI is InChI=1S/C15H10N6O/c22-14-13(9-16-21(14)15-17-19-20-18-15)8-10-5-6-11-3-1-2-4-12(11)7-10/h1-9H,(H,17,18,19,20). The molecule has 1 amide bonds. The number of tetrazole rings is 1. The highest BCUT2D eigenvalue weighted by Gasteiger charge is 2.26. The summed E-state index contributed by atoms with van der Waals surface area (Å²) in [7, 11) is 0. The van der Waals surface area contributed by atoms with E-state index >= 15 is 0 Å². The average Bonchev–Trinajstić information content (AvgIpc) is 3.18. The van der Waals surface area contributed by atoms with Gasteiger partial charge < -0.3 is 0 Å². The maximum Gasteiger partial charge on any atom is 0.293 e. The minimum atomic E-state index is -0.283. The quantitative estimate of drug-likeness (QED) is 0.729. The molecular formula is C15H10N6O. The summed E-state index contributed by atoms with van der Waals surface area (Å²) in [6, 6.07) is 14.1. The lowest BCUT2D eigenvalue weighted by Crippen LogP contribution is -2.22. The third-order valence-corrected chi connectivity index (χ3v) is 3.37. The SMILES string of the molecule is O=C1C(=Cc2ccc3ccccc3c2)C=NN1c1nn[nH]n1. The second-order valence-electron chi connectivity index (χ2n) is 4.78. The molecule has 22 heavy (non-hydrogen) atoms. The van der Waals surface area contributed by atoms with Gasteiger partial charge in [-0.3, -0.25) is 4.79 Å². The highest BCUT2D eigenvalue weighted by atomic mass is 16.2. The van der Waals surface area contributed by atoms with Crippen LogP contribution in [0.25, 0.3) is 16.8 Å². The molecule has 0 bridgehead atoms. The van der Waals surface area contributed by atoms with Crippen LogP contribution in [0.2, 0.25) is 0 Å². The molecule has 0 radical (unpaired) electrons. The van der Waals surface area contributed by atoms with Crippen molar-refractivity contribution in [2.24, 2.45) is 5.10 Å².